The molecule has 0 aromatic heterocycles. The summed E-state index contributed by atoms with van der Waals surface area (Å²) in [5.74, 6) is -1.90. The van der Waals surface area contributed by atoms with Crippen LogP contribution in [-0.2, 0) is 6.61 Å². The van der Waals surface area contributed by atoms with Gasteiger partial charge < -0.3 is 9.84 Å². The molecule has 2 aromatic rings. The predicted octanol–water partition coefficient (Wildman–Crippen LogP) is 4.00. The molecule has 0 atom stereocenters. The van der Waals surface area contributed by atoms with Crippen LogP contribution in [0.25, 0.3) is 0 Å². The van der Waals surface area contributed by atoms with E-state index in [0.29, 0.717) is 15.8 Å². The lowest BCUT2D eigenvalue weighted by molar-refractivity contribution is 0.0696. The van der Waals surface area contributed by atoms with Gasteiger partial charge in [0.15, 0.2) is 0 Å². The van der Waals surface area contributed by atoms with Crippen LogP contribution in [0.15, 0.2) is 40.9 Å². The summed E-state index contributed by atoms with van der Waals surface area (Å²) in [6.45, 7) is -0.0255. The Morgan fingerprint density at radius 3 is 2.55 bits per heavy atom. The molecule has 0 amide bonds. The third-order valence-electron chi connectivity index (χ3n) is 2.49. The van der Waals surface area contributed by atoms with Crippen molar-refractivity contribution in [2.45, 2.75) is 6.61 Å². The van der Waals surface area contributed by atoms with Gasteiger partial charge >= 0.3 is 5.97 Å². The average molecular weight is 343 g/mol. The number of benzene rings is 2. The van der Waals surface area contributed by atoms with Crippen LogP contribution >= 0.6 is 15.9 Å². The topological polar surface area (TPSA) is 46.5 Å². The summed E-state index contributed by atoms with van der Waals surface area (Å²) >= 11 is 3.14. The van der Waals surface area contributed by atoms with Gasteiger partial charge in [-0.3, -0.25) is 0 Å². The van der Waals surface area contributed by atoms with Crippen molar-refractivity contribution in [2.75, 3.05) is 0 Å². The van der Waals surface area contributed by atoms with Crippen LogP contribution in [0.3, 0.4) is 0 Å². The van der Waals surface area contributed by atoms with Crippen molar-refractivity contribution >= 4 is 21.9 Å². The van der Waals surface area contributed by atoms with Gasteiger partial charge in [0.25, 0.3) is 0 Å². The van der Waals surface area contributed by atoms with E-state index >= 15 is 0 Å². The van der Waals surface area contributed by atoms with Crippen LogP contribution < -0.4 is 4.74 Å². The lowest BCUT2D eigenvalue weighted by Crippen LogP contribution is -2.02. The minimum atomic E-state index is -1.21. The highest BCUT2D eigenvalue weighted by molar-refractivity contribution is 9.10. The first-order valence-electron chi connectivity index (χ1n) is 5.56. The quantitative estimate of drug-likeness (QED) is 0.913. The molecule has 0 saturated carbocycles. The molecule has 0 unspecified atom stereocenters. The summed E-state index contributed by atoms with van der Waals surface area (Å²) in [5.41, 5.74) is 0.223. The molecule has 0 fully saturated rings. The average Bonchev–Trinajstić information content (AvgIpc) is 2.37. The molecule has 3 nitrogen and oxygen atoms in total. The molecule has 0 saturated heterocycles. The van der Waals surface area contributed by atoms with Gasteiger partial charge in [-0.15, -0.1) is 0 Å². The van der Waals surface area contributed by atoms with Gasteiger partial charge in [0, 0.05) is 0 Å². The minimum absolute atomic E-state index is 0.0255. The van der Waals surface area contributed by atoms with E-state index < -0.39 is 17.6 Å². The zero-order valence-electron chi connectivity index (χ0n) is 10.1. The fraction of sp³-hybridized carbons (Fsp3) is 0.0714. The highest BCUT2D eigenvalue weighted by atomic mass is 79.9. The molecule has 2 rings (SSSR count). The van der Waals surface area contributed by atoms with Crippen molar-refractivity contribution in [1.29, 1.82) is 0 Å². The fourth-order valence-corrected chi connectivity index (χ4v) is 2.08. The Morgan fingerprint density at radius 2 is 1.90 bits per heavy atom. The van der Waals surface area contributed by atoms with Gasteiger partial charge in [-0.25, -0.2) is 13.6 Å². The van der Waals surface area contributed by atoms with Crippen molar-refractivity contribution in [3.63, 3.8) is 0 Å². The van der Waals surface area contributed by atoms with Crippen LogP contribution in [0.2, 0.25) is 0 Å². The molecular weight excluding hydrogens is 334 g/mol. The van der Waals surface area contributed by atoms with E-state index in [1.807, 2.05) is 0 Å². The lowest BCUT2D eigenvalue weighted by atomic mass is 10.1. The summed E-state index contributed by atoms with van der Waals surface area (Å²) in [4.78, 5) is 10.8. The number of carboxylic acids is 1. The van der Waals surface area contributed by atoms with Crippen molar-refractivity contribution in [1.82, 2.24) is 0 Å². The number of hydrogen-bond donors (Lipinski definition) is 1. The first-order chi connectivity index (χ1) is 9.45. The largest absolute Gasteiger partial charge is 0.488 e. The number of hydrogen-bond acceptors (Lipinski definition) is 2. The molecule has 0 aliphatic rings. The maximum Gasteiger partial charge on any atom is 0.335 e. The summed E-state index contributed by atoms with van der Waals surface area (Å²) in [6, 6.07) is 7.33. The maximum atomic E-state index is 13.3. The Morgan fingerprint density at radius 1 is 1.15 bits per heavy atom. The number of carbonyl (C=O) groups is 1. The number of rotatable bonds is 4. The third kappa shape index (κ3) is 3.54. The van der Waals surface area contributed by atoms with Gasteiger partial charge in [0.05, 0.1) is 10.0 Å². The SMILES string of the molecule is O=C(O)c1cc(F)cc(COc2ccc(F)cc2Br)c1. The Bertz CT molecular complexity index is 659. The fourth-order valence-electron chi connectivity index (χ4n) is 1.61. The van der Waals surface area contributed by atoms with E-state index in [2.05, 4.69) is 15.9 Å². The Kier molecular flexibility index (Phi) is 4.34. The van der Waals surface area contributed by atoms with Gasteiger partial charge in [-0.2, -0.15) is 0 Å². The van der Waals surface area contributed by atoms with Crippen molar-refractivity contribution in [2.24, 2.45) is 0 Å². The number of carboxylic acid groups (broad SMARTS) is 1. The standard InChI is InChI=1S/C14H9BrF2O3/c15-12-6-10(16)1-2-13(12)20-7-8-3-9(14(18)19)5-11(17)4-8/h1-6H,7H2,(H,18,19). The monoisotopic (exact) mass is 342 g/mol. The summed E-state index contributed by atoms with van der Waals surface area (Å²) in [7, 11) is 0. The van der Waals surface area contributed by atoms with Crippen molar-refractivity contribution < 1.29 is 23.4 Å². The first kappa shape index (κ1) is 14.5. The summed E-state index contributed by atoms with van der Waals surface area (Å²) in [6.07, 6.45) is 0. The van der Waals surface area contributed by atoms with Gasteiger partial charge in [0.2, 0.25) is 0 Å². The highest BCUT2D eigenvalue weighted by Crippen LogP contribution is 2.26. The van der Waals surface area contributed by atoms with Crippen molar-refractivity contribution in [3.8, 4) is 5.75 Å². The Hall–Kier alpha value is -1.95. The molecule has 0 radical (unpaired) electrons. The first-order valence-corrected chi connectivity index (χ1v) is 6.35. The number of halogens is 3. The normalized spacial score (nSPS) is 10.3. The van der Waals surface area contributed by atoms with Gasteiger partial charge in [-0.1, -0.05) is 0 Å². The molecule has 0 aliphatic carbocycles. The van der Waals surface area contributed by atoms with E-state index in [9.17, 15) is 13.6 Å². The Balaban J connectivity index is 2.16. The second kappa shape index (κ2) is 6.00. The minimum Gasteiger partial charge on any atom is -0.488 e. The molecular formula is C14H9BrF2O3. The molecule has 104 valence electrons. The second-order valence-electron chi connectivity index (χ2n) is 4.02. The molecule has 1 N–H and O–H groups in total. The molecule has 0 heterocycles. The van der Waals surface area contributed by atoms with E-state index in [-0.39, 0.29) is 12.2 Å². The third-order valence-corrected chi connectivity index (χ3v) is 3.11. The molecule has 20 heavy (non-hydrogen) atoms. The lowest BCUT2D eigenvalue weighted by Gasteiger charge is -2.09. The zero-order valence-corrected chi connectivity index (χ0v) is 11.7. The van der Waals surface area contributed by atoms with E-state index in [1.165, 1.54) is 30.3 Å². The van der Waals surface area contributed by atoms with E-state index in [4.69, 9.17) is 9.84 Å². The number of aromatic carboxylic acids is 1. The van der Waals surface area contributed by atoms with Crippen LogP contribution in [0.5, 0.6) is 5.75 Å². The summed E-state index contributed by atoms with van der Waals surface area (Å²) < 4.78 is 32.0. The van der Waals surface area contributed by atoms with Gasteiger partial charge in [-0.05, 0) is 57.9 Å². The second-order valence-corrected chi connectivity index (χ2v) is 4.87. The molecule has 0 aliphatic heterocycles. The number of ether oxygens (including phenoxy) is 1. The van der Waals surface area contributed by atoms with Crippen LogP contribution in [0, 0.1) is 11.6 Å². The van der Waals surface area contributed by atoms with E-state index in [1.54, 1.807) is 0 Å². The van der Waals surface area contributed by atoms with E-state index in [0.717, 1.165) is 6.07 Å². The summed E-state index contributed by atoms with van der Waals surface area (Å²) in [5, 5.41) is 8.84. The highest BCUT2D eigenvalue weighted by Gasteiger charge is 2.08. The van der Waals surface area contributed by atoms with Crippen LogP contribution in [0.4, 0.5) is 8.78 Å². The Labute approximate surface area is 121 Å². The zero-order chi connectivity index (χ0) is 14.7. The predicted molar refractivity (Wildman–Crippen MR) is 71.8 cm³/mol. The molecule has 6 heteroatoms. The van der Waals surface area contributed by atoms with Gasteiger partial charge in [0.1, 0.15) is 24.0 Å². The molecule has 0 bridgehead atoms. The van der Waals surface area contributed by atoms with Crippen molar-refractivity contribution in [3.05, 3.63) is 63.6 Å². The van der Waals surface area contributed by atoms with Crippen LogP contribution in [-0.4, -0.2) is 11.1 Å². The molecule has 2 aromatic carbocycles. The smallest absolute Gasteiger partial charge is 0.335 e. The van der Waals surface area contributed by atoms with Crippen LogP contribution in [0.1, 0.15) is 15.9 Å². The maximum absolute atomic E-state index is 13.3. The molecule has 0 spiro atoms.